The Hall–Kier alpha value is -3.05. The van der Waals surface area contributed by atoms with Gasteiger partial charge in [0.1, 0.15) is 6.07 Å². The van der Waals surface area contributed by atoms with Crippen molar-refractivity contribution in [1.82, 2.24) is 4.98 Å². The van der Waals surface area contributed by atoms with Crippen LogP contribution in [0, 0.1) is 11.3 Å². The molecule has 2 aromatic carbocycles. The van der Waals surface area contributed by atoms with Gasteiger partial charge < -0.3 is 14.8 Å². The van der Waals surface area contributed by atoms with Crippen molar-refractivity contribution in [2.24, 2.45) is 0 Å². The van der Waals surface area contributed by atoms with Crippen LogP contribution in [0.4, 0.5) is 19.1 Å². The van der Waals surface area contributed by atoms with Gasteiger partial charge in [0.15, 0.2) is 6.10 Å². The highest BCUT2D eigenvalue weighted by Crippen LogP contribution is 2.31. The average Bonchev–Trinajstić information content (AvgIpc) is 3.01. The highest BCUT2D eigenvalue weighted by molar-refractivity contribution is 5.94. The summed E-state index contributed by atoms with van der Waals surface area (Å²) in [5, 5.41) is 22.2. The van der Waals surface area contributed by atoms with Crippen molar-refractivity contribution < 1.29 is 22.7 Å². The lowest BCUT2D eigenvalue weighted by Crippen LogP contribution is -2.35. The molecule has 0 spiro atoms. The van der Waals surface area contributed by atoms with Crippen LogP contribution >= 0.6 is 0 Å². The summed E-state index contributed by atoms with van der Waals surface area (Å²) in [4.78, 5) is 4.04. The van der Waals surface area contributed by atoms with E-state index in [9.17, 15) is 13.2 Å². The second-order valence-electron chi connectivity index (χ2n) is 5.27. The monoisotopic (exact) mass is 347 g/mol. The molecule has 0 bridgehead atoms. The molecule has 0 saturated carbocycles. The molecule has 1 atom stereocenters. The van der Waals surface area contributed by atoms with Crippen LogP contribution in [0.2, 0.25) is 0 Å². The Kier molecular flexibility index (Phi) is 4.33. The van der Waals surface area contributed by atoms with Crippen LogP contribution in [0.15, 0.2) is 46.9 Å². The number of rotatable bonds is 4. The number of fused-ring (bicyclic) bond motifs is 1. The number of hydrogen-bond acceptors (Lipinski definition) is 5. The molecule has 3 rings (SSSR count). The van der Waals surface area contributed by atoms with E-state index in [0.717, 1.165) is 10.8 Å². The normalized spacial score (nSPS) is 12.8. The van der Waals surface area contributed by atoms with Crippen molar-refractivity contribution in [3.63, 3.8) is 0 Å². The Labute approximate surface area is 140 Å². The Bertz CT molecular complexity index is 939. The molecule has 8 heteroatoms. The van der Waals surface area contributed by atoms with Crippen LogP contribution in [0.3, 0.4) is 0 Å². The molecule has 1 heterocycles. The fourth-order valence-electron chi connectivity index (χ4n) is 2.35. The highest BCUT2D eigenvalue weighted by Gasteiger charge is 2.38. The number of anilines is 1. The van der Waals surface area contributed by atoms with Crippen molar-refractivity contribution in [3.8, 4) is 17.5 Å². The molecular weight excluding hydrogens is 335 g/mol. The van der Waals surface area contributed by atoms with Crippen LogP contribution in [0.5, 0.6) is 0 Å². The second-order valence-corrected chi connectivity index (χ2v) is 5.27. The molecule has 0 aliphatic carbocycles. The summed E-state index contributed by atoms with van der Waals surface area (Å²) in [5.74, 6) is -0.105. The zero-order valence-corrected chi connectivity index (χ0v) is 12.7. The highest BCUT2D eigenvalue weighted by atomic mass is 19.4. The lowest BCUT2D eigenvalue weighted by atomic mass is 10.0. The minimum atomic E-state index is -4.77. The van der Waals surface area contributed by atoms with E-state index >= 15 is 0 Å². The third-order valence-corrected chi connectivity index (χ3v) is 3.59. The summed E-state index contributed by atoms with van der Waals surface area (Å²) in [5.41, 5.74) is 0.427. The summed E-state index contributed by atoms with van der Waals surface area (Å²) in [7, 11) is 0. The molecule has 0 fully saturated rings. The first-order valence-corrected chi connectivity index (χ1v) is 7.28. The molecule has 0 saturated heterocycles. The van der Waals surface area contributed by atoms with Crippen molar-refractivity contribution in [2.75, 3.05) is 11.9 Å². The Morgan fingerprint density at radius 2 is 1.92 bits per heavy atom. The molecule has 3 aromatic rings. The van der Waals surface area contributed by atoms with E-state index in [4.69, 9.17) is 14.8 Å². The van der Waals surface area contributed by atoms with Crippen LogP contribution < -0.4 is 5.32 Å². The van der Waals surface area contributed by atoms with E-state index in [-0.39, 0.29) is 17.5 Å². The minimum Gasteiger partial charge on any atom is -0.419 e. The van der Waals surface area contributed by atoms with E-state index in [1.807, 2.05) is 30.3 Å². The first kappa shape index (κ1) is 16.8. The smallest absolute Gasteiger partial charge is 0.416 e. The maximum atomic E-state index is 12.4. The predicted molar refractivity (Wildman–Crippen MR) is 84.7 cm³/mol. The minimum absolute atomic E-state index is 0.109. The zero-order chi connectivity index (χ0) is 18.0. The molecule has 25 heavy (non-hydrogen) atoms. The number of nitrogens with zero attached hydrogens (tertiary/aromatic N) is 2. The van der Waals surface area contributed by atoms with Crippen molar-refractivity contribution in [3.05, 3.63) is 48.2 Å². The number of benzene rings is 2. The topological polar surface area (TPSA) is 82.1 Å². The average molecular weight is 347 g/mol. The third-order valence-electron chi connectivity index (χ3n) is 3.59. The number of alkyl halides is 3. The van der Waals surface area contributed by atoms with Gasteiger partial charge in [0.2, 0.25) is 17.5 Å². The van der Waals surface area contributed by atoms with Gasteiger partial charge in [-0.25, -0.2) is 0 Å². The molecule has 128 valence electrons. The molecule has 0 radical (unpaired) electrons. The summed E-state index contributed by atoms with van der Waals surface area (Å²) in [6.07, 6.45) is -7.34. The number of oxazole rings is 1. The standard InChI is InChI=1S/C17H12F3N3O2/c18-17(19,20)14(24)9-22-16-13(8-21)23-15(25-16)12-7-3-5-10-4-1-2-6-11(10)12/h1-7,14,22,24H,9H2. The van der Waals surface area contributed by atoms with Crippen molar-refractivity contribution >= 4 is 16.7 Å². The maximum absolute atomic E-state index is 12.4. The van der Waals surface area contributed by atoms with Gasteiger partial charge >= 0.3 is 6.18 Å². The summed E-state index contributed by atoms with van der Waals surface area (Å²) in [6, 6.07) is 14.6. The lowest BCUT2D eigenvalue weighted by Gasteiger charge is -2.14. The third kappa shape index (κ3) is 3.41. The largest absolute Gasteiger partial charge is 0.419 e. The lowest BCUT2D eigenvalue weighted by molar-refractivity contribution is -0.198. The Balaban J connectivity index is 1.94. The first-order chi connectivity index (χ1) is 11.9. The van der Waals surface area contributed by atoms with Crippen LogP contribution in [-0.2, 0) is 0 Å². The van der Waals surface area contributed by atoms with Gasteiger partial charge in [0.25, 0.3) is 0 Å². The van der Waals surface area contributed by atoms with E-state index in [1.165, 1.54) is 0 Å². The van der Waals surface area contributed by atoms with Crippen LogP contribution in [-0.4, -0.2) is 28.9 Å². The first-order valence-electron chi connectivity index (χ1n) is 7.28. The number of nitrogens with one attached hydrogen (secondary N) is 1. The number of halogens is 3. The molecule has 0 aliphatic heterocycles. The van der Waals surface area contributed by atoms with Gasteiger partial charge in [0, 0.05) is 5.56 Å². The molecule has 5 nitrogen and oxygen atoms in total. The van der Waals surface area contributed by atoms with Gasteiger partial charge in [-0.3, -0.25) is 0 Å². The van der Waals surface area contributed by atoms with Gasteiger partial charge in [-0.1, -0.05) is 36.4 Å². The number of aliphatic hydroxyl groups excluding tert-OH is 1. The second kappa shape index (κ2) is 6.45. The summed E-state index contributed by atoms with van der Waals surface area (Å²) < 4.78 is 42.6. The molecule has 2 N–H and O–H groups in total. The fourth-order valence-corrected chi connectivity index (χ4v) is 2.35. The molecule has 0 amide bonds. The maximum Gasteiger partial charge on any atom is 0.416 e. The quantitative estimate of drug-likeness (QED) is 0.752. The summed E-state index contributed by atoms with van der Waals surface area (Å²) >= 11 is 0. The van der Waals surface area contributed by atoms with E-state index < -0.39 is 18.8 Å². The van der Waals surface area contributed by atoms with Gasteiger partial charge in [0.05, 0.1) is 6.54 Å². The number of hydrogen-bond donors (Lipinski definition) is 2. The SMILES string of the molecule is N#Cc1nc(-c2cccc3ccccc23)oc1NCC(O)C(F)(F)F. The van der Waals surface area contributed by atoms with E-state index in [1.54, 1.807) is 18.2 Å². The number of aromatic nitrogens is 1. The number of aliphatic hydroxyl groups is 1. The molecule has 1 unspecified atom stereocenters. The fraction of sp³-hybridized carbons (Fsp3) is 0.176. The van der Waals surface area contributed by atoms with Crippen LogP contribution in [0.25, 0.3) is 22.2 Å². The Morgan fingerprint density at radius 1 is 1.20 bits per heavy atom. The predicted octanol–water partition coefficient (Wildman–Crippen LogP) is 3.70. The Morgan fingerprint density at radius 3 is 2.64 bits per heavy atom. The van der Waals surface area contributed by atoms with Gasteiger partial charge in [-0.05, 0) is 16.8 Å². The summed E-state index contributed by atoms with van der Waals surface area (Å²) in [6.45, 7) is -0.845. The zero-order valence-electron chi connectivity index (χ0n) is 12.7. The van der Waals surface area contributed by atoms with Crippen molar-refractivity contribution in [1.29, 1.82) is 5.26 Å². The number of nitriles is 1. The van der Waals surface area contributed by atoms with Crippen molar-refractivity contribution in [2.45, 2.75) is 12.3 Å². The van der Waals surface area contributed by atoms with E-state index in [0.29, 0.717) is 5.56 Å². The molecule has 1 aromatic heterocycles. The molecular formula is C17H12F3N3O2. The van der Waals surface area contributed by atoms with Gasteiger partial charge in [-0.15, -0.1) is 0 Å². The molecule has 0 aliphatic rings. The van der Waals surface area contributed by atoms with E-state index in [2.05, 4.69) is 10.3 Å². The van der Waals surface area contributed by atoms with Gasteiger partial charge in [-0.2, -0.15) is 23.4 Å². The van der Waals surface area contributed by atoms with Crippen LogP contribution in [0.1, 0.15) is 5.69 Å².